The predicted molar refractivity (Wildman–Crippen MR) is 193 cm³/mol. The van der Waals surface area contributed by atoms with Gasteiger partial charge in [0.1, 0.15) is 15.6 Å². The average molecular weight is 857 g/mol. The van der Waals surface area contributed by atoms with Gasteiger partial charge in [0.05, 0.1) is 44.8 Å². The lowest BCUT2D eigenvalue weighted by Gasteiger charge is -2.12. The Morgan fingerprint density at radius 2 is 1.16 bits per heavy atom. The number of aryl methyl sites for hydroxylation is 1. The molecule has 0 atom stereocenters. The fourth-order valence-electron chi connectivity index (χ4n) is 4.05. The molecule has 2 heterocycles. The van der Waals surface area contributed by atoms with Gasteiger partial charge in [0.2, 0.25) is 33.7 Å². The number of hydrogen-bond donors (Lipinski definition) is 7. The average Bonchev–Trinajstić information content (AvgIpc) is 3.12. The summed E-state index contributed by atoms with van der Waals surface area (Å²) in [7, 11) is -8.81. The zero-order valence-electron chi connectivity index (χ0n) is 30.0. The largest absolute Gasteiger partial charge is 0.481 e. The van der Waals surface area contributed by atoms with Crippen molar-refractivity contribution in [2.45, 2.75) is 23.3 Å². The first-order valence-electron chi connectivity index (χ1n) is 15.1. The number of amides is 4. The summed E-state index contributed by atoms with van der Waals surface area (Å²) in [5, 5.41) is 22.6. The third-order valence-corrected chi connectivity index (χ3v) is 9.85. The number of urea groups is 2. The van der Waals surface area contributed by atoms with Crippen molar-refractivity contribution >= 4 is 66.0 Å². The van der Waals surface area contributed by atoms with Crippen LogP contribution >= 0.6 is 0 Å². The summed E-state index contributed by atoms with van der Waals surface area (Å²) in [6.45, 7) is 1.22. The van der Waals surface area contributed by atoms with E-state index in [2.05, 4.69) is 40.3 Å². The standard InChI is InChI=1S/C16H19N5O9S2.C13H13N5O6S/c1-29-12-7-13(30-2)19-15(18-12)20-16(24)21-32(27,28)11-6-9(8-17-31(3,25)26)4-5-10(11)14(22)23;1-7-14-11(17-13(15-7)24-2)16-12(21)18-25(22,23)9-6-4-3-5-8(9)10(19)20/h4-7,17H,8H2,1-3H3,(H,22,23)(H2,18,19,20,21,24);3-6H,1-2H3,(H,19,20)(H2,14,15,16,17,18,21). The van der Waals surface area contributed by atoms with E-state index in [0.29, 0.717) is 0 Å². The molecule has 0 radical (unpaired) electrons. The first-order valence-corrected chi connectivity index (χ1v) is 20.0. The zero-order valence-corrected chi connectivity index (χ0v) is 32.4. The molecule has 7 N–H and O–H groups in total. The highest BCUT2D eigenvalue weighted by Crippen LogP contribution is 2.20. The van der Waals surface area contributed by atoms with Gasteiger partial charge in [0.25, 0.3) is 20.0 Å². The molecular weight excluding hydrogens is 825 g/mol. The number of sulfonamides is 3. The minimum absolute atomic E-state index is 0.0225. The topological polar surface area (TPSA) is 363 Å². The third kappa shape index (κ3) is 13.2. The Kier molecular flexibility index (Phi) is 14.6. The second-order valence-electron chi connectivity index (χ2n) is 10.6. The summed E-state index contributed by atoms with van der Waals surface area (Å²) in [5.41, 5.74) is -0.963. The van der Waals surface area contributed by atoms with E-state index in [9.17, 15) is 49.5 Å². The maximum Gasteiger partial charge on any atom is 0.337 e. The van der Waals surface area contributed by atoms with Gasteiger partial charge in [0, 0.05) is 6.54 Å². The summed E-state index contributed by atoms with van der Waals surface area (Å²) in [4.78, 5) is 64.4. The third-order valence-electron chi connectivity index (χ3n) is 6.42. The molecule has 0 fully saturated rings. The Morgan fingerprint density at radius 1 is 0.649 bits per heavy atom. The van der Waals surface area contributed by atoms with Crippen molar-refractivity contribution < 1.29 is 68.9 Å². The maximum atomic E-state index is 12.7. The molecule has 0 saturated heterocycles. The van der Waals surface area contributed by atoms with Crippen LogP contribution in [0.3, 0.4) is 0 Å². The minimum Gasteiger partial charge on any atom is -0.481 e. The molecule has 0 spiro atoms. The summed E-state index contributed by atoms with van der Waals surface area (Å²) < 4.78 is 92.5. The van der Waals surface area contributed by atoms with E-state index in [-0.39, 0.29) is 47.6 Å². The van der Waals surface area contributed by atoms with E-state index in [4.69, 9.17) is 19.3 Å². The van der Waals surface area contributed by atoms with Crippen LogP contribution in [0.2, 0.25) is 0 Å². The van der Waals surface area contributed by atoms with E-state index in [1.165, 1.54) is 52.5 Å². The van der Waals surface area contributed by atoms with E-state index in [1.54, 1.807) is 9.44 Å². The number of nitrogens with one attached hydrogen (secondary N) is 5. The molecule has 4 aromatic rings. The fraction of sp³-hybridized carbons (Fsp3) is 0.207. The van der Waals surface area contributed by atoms with Crippen LogP contribution in [0.4, 0.5) is 21.5 Å². The molecule has 4 amide bonds. The van der Waals surface area contributed by atoms with Gasteiger partial charge in [-0.15, -0.1) is 0 Å². The number of benzene rings is 2. The molecule has 28 heteroatoms. The van der Waals surface area contributed by atoms with Crippen molar-refractivity contribution in [3.05, 3.63) is 71.0 Å². The monoisotopic (exact) mass is 856 g/mol. The zero-order chi connectivity index (χ0) is 42.7. The Balaban J connectivity index is 0.000000315. The van der Waals surface area contributed by atoms with Gasteiger partial charge in [-0.2, -0.15) is 24.9 Å². The molecule has 0 saturated carbocycles. The molecule has 25 nitrogen and oxygen atoms in total. The van der Waals surface area contributed by atoms with E-state index >= 15 is 0 Å². The summed E-state index contributed by atoms with van der Waals surface area (Å²) >= 11 is 0. The SMILES string of the molecule is COc1cc(OC)nc(NC(=O)NS(=O)(=O)c2cc(CNS(C)(=O)=O)ccc2C(=O)O)n1.COc1nc(C)nc(NC(=O)NS(=O)(=O)c2ccccc2C(=O)O)n1. The highest BCUT2D eigenvalue weighted by molar-refractivity contribution is 7.90. The number of rotatable bonds is 14. The van der Waals surface area contributed by atoms with Crippen LogP contribution in [0.15, 0.2) is 58.3 Å². The normalized spacial score (nSPS) is 11.2. The number of nitrogens with zero attached hydrogens (tertiary/aromatic N) is 5. The first-order chi connectivity index (χ1) is 26.6. The second kappa shape index (κ2) is 18.7. The highest BCUT2D eigenvalue weighted by Gasteiger charge is 2.27. The van der Waals surface area contributed by atoms with Gasteiger partial charge in [-0.3, -0.25) is 10.6 Å². The predicted octanol–water partition coefficient (Wildman–Crippen LogP) is 0.149. The number of carbonyl (C=O) groups excluding carboxylic acids is 2. The number of carboxylic acid groups (broad SMARTS) is 2. The summed E-state index contributed by atoms with van der Waals surface area (Å²) in [5.74, 6) is -3.32. The number of hydrogen-bond acceptors (Lipinski definition) is 18. The van der Waals surface area contributed by atoms with Gasteiger partial charge in [0.15, 0.2) is 0 Å². The molecule has 57 heavy (non-hydrogen) atoms. The van der Waals surface area contributed by atoms with Crippen molar-refractivity contribution in [2.24, 2.45) is 0 Å². The Labute approximate surface area is 323 Å². The number of methoxy groups -OCH3 is 3. The number of ether oxygens (including phenoxy) is 3. The van der Waals surface area contributed by atoms with Gasteiger partial charge in [-0.05, 0) is 36.8 Å². The van der Waals surface area contributed by atoms with E-state index in [0.717, 1.165) is 30.5 Å². The number of anilines is 2. The van der Waals surface area contributed by atoms with Crippen LogP contribution in [0.5, 0.6) is 17.8 Å². The van der Waals surface area contributed by atoms with Crippen LogP contribution < -0.4 is 39.0 Å². The van der Waals surface area contributed by atoms with Crippen LogP contribution in [-0.4, -0.2) is 112 Å². The number of aromatic carboxylic acids is 2. The van der Waals surface area contributed by atoms with Gasteiger partial charge in [-0.1, -0.05) is 18.2 Å². The van der Waals surface area contributed by atoms with Gasteiger partial charge in [-0.25, -0.2) is 58.6 Å². The van der Waals surface area contributed by atoms with Crippen LogP contribution in [0.25, 0.3) is 0 Å². The van der Waals surface area contributed by atoms with E-state index < -0.39 is 75.0 Å². The van der Waals surface area contributed by atoms with Crippen molar-refractivity contribution in [1.29, 1.82) is 0 Å². The lowest BCUT2D eigenvalue weighted by atomic mass is 10.1. The quantitative estimate of drug-likeness (QED) is 0.0887. The summed E-state index contributed by atoms with van der Waals surface area (Å²) in [6, 6.07) is 6.79. The van der Waals surface area contributed by atoms with Gasteiger partial charge >= 0.3 is 30.0 Å². The van der Waals surface area contributed by atoms with Crippen molar-refractivity contribution in [2.75, 3.05) is 38.2 Å². The molecule has 0 unspecified atom stereocenters. The molecule has 0 aliphatic carbocycles. The first kappa shape index (κ1) is 44.6. The molecule has 306 valence electrons. The Morgan fingerprint density at radius 3 is 1.67 bits per heavy atom. The smallest absolute Gasteiger partial charge is 0.337 e. The number of aromatic nitrogens is 5. The van der Waals surface area contributed by atoms with Crippen molar-refractivity contribution in [3.63, 3.8) is 0 Å². The highest BCUT2D eigenvalue weighted by atomic mass is 32.2. The molecule has 4 rings (SSSR count). The van der Waals surface area contributed by atoms with Crippen LogP contribution in [0.1, 0.15) is 32.1 Å². The lowest BCUT2D eigenvalue weighted by molar-refractivity contribution is 0.0682. The molecular formula is C29H32N10O15S3. The number of carboxylic acids is 2. The molecule has 2 aromatic heterocycles. The Bertz CT molecular complexity index is 2500. The van der Waals surface area contributed by atoms with Crippen molar-refractivity contribution in [3.8, 4) is 17.8 Å². The van der Waals surface area contributed by atoms with Crippen molar-refractivity contribution in [1.82, 2.24) is 39.1 Å². The second-order valence-corrected chi connectivity index (χ2v) is 15.8. The van der Waals surface area contributed by atoms with Crippen LogP contribution in [-0.2, 0) is 36.6 Å². The lowest BCUT2D eigenvalue weighted by Crippen LogP contribution is -2.35. The molecule has 2 aromatic carbocycles. The van der Waals surface area contributed by atoms with Gasteiger partial charge < -0.3 is 24.4 Å². The fourth-order valence-corrected chi connectivity index (χ4v) is 6.74. The maximum absolute atomic E-state index is 12.7. The van der Waals surface area contributed by atoms with Crippen LogP contribution in [0, 0.1) is 6.92 Å². The molecule has 0 bridgehead atoms. The summed E-state index contributed by atoms with van der Waals surface area (Å²) in [6.07, 6.45) is 0.901. The Hall–Kier alpha value is -6.78. The minimum atomic E-state index is -4.70. The molecule has 0 aliphatic rings. The number of carbonyl (C=O) groups is 4. The van der Waals surface area contributed by atoms with E-state index in [1.807, 2.05) is 0 Å². The molecule has 0 aliphatic heterocycles.